The Hall–Kier alpha value is -3.69. The second kappa shape index (κ2) is 11.4. The molecule has 0 atom stereocenters. The predicted molar refractivity (Wildman–Crippen MR) is 130 cm³/mol. The number of ether oxygens (including phenoxy) is 2. The maximum atomic E-state index is 12.9. The smallest absolute Gasteiger partial charge is 0.255 e. The highest BCUT2D eigenvalue weighted by atomic mass is 32.2. The zero-order chi connectivity index (χ0) is 24.6. The van der Waals surface area contributed by atoms with Crippen LogP contribution in [-0.4, -0.2) is 45.5 Å². The molecule has 0 spiro atoms. The summed E-state index contributed by atoms with van der Waals surface area (Å²) in [7, 11) is -1.20. The quantitative estimate of drug-likeness (QED) is 0.354. The standard InChI is InChI=1S/C25H27N3O5S/c1-19-9-14-23(32-3)24(15-19)34(30,31)28(2)17-25(29)27-26-16-20-10-12-22(13-11-20)33-18-21-7-5-4-6-8-21/h4-16H,17-18H2,1-3H3,(H,27,29). The molecule has 3 aromatic carbocycles. The first-order valence-electron chi connectivity index (χ1n) is 10.5. The Morgan fingerprint density at radius 1 is 1.06 bits per heavy atom. The molecule has 0 heterocycles. The molecule has 9 heteroatoms. The van der Waals surface area contributed by atoms with E-state index in [1.54, 1.807) is 31.2 Å². The van der Waals surface area contributed by atoms with E-state index in [1.165, 1.54) is 26.4 Å². The minimum Gasteiger partial charge on any atom is -0.495 e. The molecule has 1 amide bonds. The topological polar surface area (TPSA) is 97.3 Å². The molecule has 0 aliphatic heterocycles. The van der Waals surface area contributed by atoms with Gasteiger partial charge in [0.25, 0.3) is 5.91 Å². The summed E-state index contributed by atoms with van der Waals surface area (Å²) in [4.78, 5) is 12.2. The summed E-state index contributed by atoms with van der Waals surface area (Å²) in [5.41, 5.74) is 4.93. The van der Waals surface area contributed by atoms with Gasteiger partial charge >= 0.3 is 0 Å². The van der Waals surface area contributed by atoms with E-state index < -0.39 is 22.5 Å². The maximum Gasteiger partial charge on any atom is 0.255 e. The zero-order valence-electron chi connectivity index (χ0n) is 19.3. The molecule has 0 radical (unpaired) electrons. The number of likely N-dealkylation sites (N-methyl/N-ethyl adjacent to an activating group) is 1. The average Bonchev–Trinajstić information content (AvgIpc) is 2.84. The molecular formula is C25H27N3O5S. The number of sulfonamides is 1. The molecule has 0 saturated carbocycles. The summed E-state index contributed by atoms with van der Waals surface area (Å²) >= 11 is 0. The number of hydrogen-bond donors (Lipinski definition) is 1. The van der Waals surface area contributed by atoms with Crippen LogP contribution in [0.2, 0.25) is 0 Å². The maximum absolute atomic E-state index is 12.9. The average molecular weight is 482 g/mol. The van der Waals surface area contributed by atoms with E-state index in [4.69, 9.17) is 9.47 Å². The molecule has 3 aromatic rings. The second-order valence-electron chi connectivity index (χ2n) is 7.55. The van der Waals surface area contributed by atoms with Crippen molar-refractivity contribution in [2.75, 3.05) is 20.7 Å². The SMILES string of the molecule is COc1ccc(C)cc1S(=O)(=O)N(C)CC(=O)NN=Cc1ccc(OCc2ccccc2)cc1. The zero-order valence-corrected chi connectivity index (χ0v) is 20.1. The highest BCUT2D eigenvalue weighted by molar-refractivity contribution is 7.89. The van der Waals surface area contributed by atoms with E-state index in [0.29, 0.717) is 12.4 Å². The Labute approximate surface area is 199 Å². The Morgan fingerprint density at radius 2 is 1.76 bits per heavy atom. The number of benzene rings is 3. The third-order valence-corrected chi connectivity index (χ3v) is 6.73. The van der Waals surface area contributed by atoms with Crippen LogP contribution < -0.4 is 14.9 Å². The largest absolute Gasteiger partial charge is 0.495 e. The van der Waals surface area contributed by atoms with Crippen LogP contribution >= 0.6 is 0 Å². The number of hydrazone groups is 1. The molecular weight excluding hydrogens is 454 g/mol. The Bertz CT molecular complexity index is 1240. The summed E-state index contributed by atoms with van der Waals surface area (Å²) in [6.07, 6.45) is 1.47. The third-order valence-electron chi connectivity index (χ3n) is 4.90. The molecule has 0 saturated heterocycles. The molecule has 1 N–H and O–H groups in total. The van der Waals surface area contributed by atoms with E-state index in [1.807, 2.05) is 42.5 Å². The number of amides is 1. The molecule has 3 rings (SSSR count). The lowest BCUT2D eigenvalue weighted by atomic mass is 10.2. The van der Waals surface area contributed by atoms with Gasteiger partial charge in [-0.1, -0.05) is 36.4 Å². The van der Waals surface area contributed by atoms with Crippen LogP contribution in [0.1, 0.15) is 16.7 Å². The predicted octanol–water partition coefficient (Wildman–Crippen LogP) is 3.35. The molecule has 0 bridgehead atoms. The number of nitrogens with one attached hydrogen (secondary N) is 1. The van der Waals surface area contributed by atoms with Crippen molar-refractivity contribution in [2.24, 2.45) is 5.10 Å². The lowest BCUT2D eigenvalue weighted by molar-refractivity contribution is -0.121. The molecule has 0 aromatic heterocycles. The summed E-state index contributed by atoms with van der Waals surface area (Å²) in [6.45, 7) is 1.85. The van der Waals surface area contributed by atoms with Gasteiger partial charge in [0.05, 0.1) is 19.9 Å². The van der Waals surface area contributed by atoms with Crippen molar-refractivity contribution in [3.63, 3.8) is 0 Å². The third kappa shape index (κ3) is 6.66. The van der Waals surface area contributed by atoms with Crippen LogP contribution in [0.5, 0.6) is 11.5 Å². The van der Waals surface area contributed by atoms with E-state index in [-0.39, 0.29) is 10.6 Å². The van der Waals surface area contributed by atoms with Crippen molar-refractivity contribution in [1.82, 2.24) is 9.73 Å². The van der Waals surface area contributed by atoms with Crippen molar-refractivity contribution in [3.05, 3.63) is 89.5 Å². The van der Waals surface area contributed by atoms with Crippen LogP contribution in [0.25, 0.3) is 0 Å². The Morgan fingerprint density at radius 3 is 2.44 bits per heavy atom. The molecule has 0 aliphatic rings. The van der Waals surface area contributed by atoms with Crippen LogP contribution in [0, 0.1) is 6.92 Å². The van der Waals surface area contributed by atoms with E-state index in [9.17, 15) is 13.2 Å². The monoisotopic (exact) mass is 481 g/mol. The van der Waals surface area contributed by atoms with Gasteiger partial charge in [-0.25, -0.2) is 13.8 Å². The molecule has 0 fully saturated rings. The second-order valence-corrected chi connectivity index (χ2v) is 9.57. The first-order chi connectivity index (χ1) is 16.3. The van der Waals surface area contributed by atoms with Gasteiger partial charge < -0.3 is 9.47 Å². The van der Waals surface area contributed by atoms with Gasteiger partial charge in [-0.15, -0.1) is 0 Å². The van der Waals surface area contributed by atoms with Crippen molar-refractivity contribution in [3.8, 4) is 11.5 Å². The van der Waals surface area contributed by atoms with Gasteiger partial charge in [0, 0.05) is 7.05 Å². The van der Waals surface area contributed by atoms with Gasteiger partial charge in [-0.3, -0.25) is 4.79 Å². The Kier molecular flexibility index (Phi) is 8.39. The number of methoxy groups -OCH3 is 1. The van der Waals surface area contributed by atoms with Gasteiger partial charge in [0.15, 0.2) is 0 Å². The summed E-state index contributed by atoms with van der Waals surface area (Å²) < 4.78 is 37.6. The minimum absolute atomic E-state index is 0.00312. The van der Waals surface area contributed by atoms with E-state index in [2.05, 4.69) is 10.5 Å². The lowest BCUT2D eigenvalue weighted by Crippen LogP contribution is -2.36. The fourth-order valence-corrected chi connectivity index (χ4v) is 4.41. The van der Waals surface area contributed by atoms with Gasteiger partial charge in [0.1, 0.15) is 23.0 Å². The van der Waals surface area contributed by atoms with Crippen molar-refractivity contribution in [1.29, 1.82) is 0 Å². The number of rotatable bonds is 10. The van der Waals surface area contributed by atoms with Crippen LogP contribution in [-0.2, 0) is 21.4 Å². The number of carbonyl (C=O) groups is 1. The van der Waals surface area contributed by atoms with Crippen LogP contribution in [0.3, 0.4) is 0 Å². The summed E-state index contributed by atoms with van der Waals surface area (Å²) in [5, 5.41) is 3.91. The van der Waals surface area contributed by atoms with Crippen LogP contribution in [0.15, 0.2) is 82.8 Å². The number of carbonyl (C=O) groups excluding carboxylic acids is 1. The molecule has 0 aliphatic carbocycles. The van der Waals surface area contributed by atoms with Gasteiger partial charge in [0.2, 0.25) is 10.0 Å². The van der Waals surface area contributed by atoms with E-state index >= 15 is 0 Å². The number of hydrogen-bond acceptors (Lipinski definition) is 6. The van der Waals surface area contributed by atoms with Gasteiger partial charge in [-0.05, 0) is 60.0 Å². The van der Waals surface area contributed by atoms with E-state index in [0.717, 1.165) is 21.0 Å². The van der Waals surface area contributed by atoms with Crippen molar-refractivity contribution < 1.29 is 22.7 Å². The summed E-state index contributed by atoms with van der Waals surface area (Å²) in [5.74, 6) is 0.354. The van der Waals surface area contributed by atoms with Crippen molar-refractivity contribution >= 4 is 22.1 Å². The number of nitrogens with zero attached hydrogens (tertiary/aromatic N) is 2. The highest BCUT2D eigenvalue weighted by Gasteiger charge is 2.26. The fraction of sp³-hybridized carbons (Fsp3) is 0.200. The highest BCUT2D eigenvalue weighted by Crippen LogP contribution is 2.27. The van der Waals surface area contributed by atoms with Crippen LogP contribution in [0.4, 0.5) is 0 Å². The first-order valence-corrected chi connectivity index (χ1v) is 11.9. The molecule has 178 valence electrons. The lowest BCUT2D eigenvalue weighted by Gasteiger charge is -2.18. The fourth-order valence-electron chi connectivity index (χ4n) is 3.05. The molecule has 0 unspecified atom stereocenters. The first kappa shape index (κ1) is 24.9. The molecule has 8 nitrogen and oxygen atoms in total. The molecule has 34 heavy (non-hydrogen) atoms. The van der Waals surface area contributed by atoms with Gasteiger partial charge in [-0.2, -0.15) is 9.41 Å². The summed E-state index contributed by atoms with van der Waals surface area (Å²) in [6, 6.07) is 21.9. The normalized spacial score (nSPS) is 11.5. The van der Waals surface area contributed by atoms with Crippen molar-refractivity contribution in [2.45, 2.75) is 18.4 Å². The minimum atomic E-state index is -3.93. The Balaban J connectivity index is 1.53. The number of aryl methyl sites for hydroxylation is 1.